The Morgan fingerprint density at radius 1 is 1.47 bits per heavy atom. The van der Waals surface area contributed by atoms with Crippen molar-refractivity contribution >= 4 is 17.4 Å². The highest BCUT2D eigenvalue weighted by molar-refractivity contribution is 6.30. The molecular weight excluding hydrogens is 240 g/mol. The van der Waals surface area contributed by atoms with E-state index >= 15 is 0 Å². The van der Waals surface area contributed by atoms with Gasteiger partial charge in [-0.25, -0.2) is 20.5 Å². The highest BCUT2D eigenvalue weighted by Gasteiger charge is 2.11. The summed E-state index contributed by atoms with van der Waals surface area (Å²) in [6.07, 6.45) is 3.97. The molecule has 0 fully saturated rings. The Labute approximate surface area is 104 Å². The molecule has 0 saturated heterocycles. The van der Waals surface area contributed by atoms with Crippen LogP contribution in [0.15, 0.2) is 12.4 Å². The van der Waals surface area contributed by atoms with E-state index in [2.05, 4.69) is 20.5 Å². The van der Waals surface area contributed by atoms with Gasteiger partial charge in [-0.3, -0.25) is 0 Å². The van der Waals surface area contributed by atoms with Gasteiger partial charge >= 0.3 is 0 Å². The number of anilines is 1. The summed E-state index contributed by atoms with van der Waals surface area (Å²) in [6, 6.07) is 0. The first-order chi connectivity index (χ1) is 8.15. The number of aryl methyl sites for hydroxylation is 1. The van der Waals surface area contributed by atoms with E-state index < -0.39 is 0 Å². The minimum Gasteiger partial charge on any atom is -0.308 e. The highest BCUT2D eigenvalue weighted by atomic mass is 35.5. The van der Waals surface area contributed by atoms with Gasteiger partial charge in [0, 0.05) is 12.0 Å². The van der Waals surface area contributed by atoms with E-state index in [1.807, 2.05) is 13.8 Å². The van der Waals surface area contributed by atoms with Crippen molar-refractivity contribution in [3.05, 3.63) is 28.8 Å². The van der Waals surface area contributed by atoms with Gasteiger partial charge in [-0.1, -0.05) is 18.5 Å². The second-order valence-corrected chi connectivity index (χ2v) is 3.97. The van der Waals surface area contributed by atoms with E-state index in [0.717, 1.165) is 12.0 Å². The van der Waals surface area contributed by atoms with Crippen molar-refractivity contribution in [1.82, 2.24) is 19.7 Å². The van der Waals surface area contributed by atoms with Crippen molar-refractivity contribution in [3.8, 4) is 5.82 Å². The Morgan fingerprint density at radius 2 is 2.24 bits per heavy atom. The molecule has 2 heterocycles. The average molecular weight is 253 g/mol. The van der Waals surface area contributed by atoms with Crippen molar-refractivity contribution in [2.24, 2.45) is 5.84 Å². The SMILES string of the molecule is CCc1nc(NN)c(C)c(-n2cc(Cl)cn2)n1. The predicted octanol–water partition coefficient (Wildman–Crippen LogP) is 1.47. The maximum absolute atomic E-state index is 5.84. The van der Waals surface area contributed by atoms with E-state index in [1.54, 1.807) is 17.1 Å². The smallest absolute Gasteiger partial charge is 0.162 e. The van der Waals surface area contributed by atoms with Crippen LogP contribution in [0.3, 0.4) is 0 Å². The second-order valence-electron chi connectivity index (χ2n) is 3.54. The van der Waals surface area contributed by atoms with Crippen LogP contribution in [0.4, 0.5) is 5.82 Å². The first kappa shape index (κ1) is 11.8. The van der Waals surface area contributed by atoms with Crippen LogP contribution < -0.4 is 11.3 Å². The van der Waals surface area contributed by atoms with E-state index in [-0.39, 0.29) is 0 Å². The van der Waals surface area contributed by atoms with Crippen molar-refractivity contribution in [2.45, 2.75) is 20.3 Å². The van der Waals surface area contributed by atoms with Crippen LogP contribution in [0.1, 0.15) is 18.3 Å². The summed E-state index contributed by atoms with van der Waals surface area (Å²) >= 11 is 5.84. The molecule has 2 aromatic heterocycles. The standard InChI is InChI=1S/C10H13ClN6/c1-3-8-14-9(16-12)6(2)10(15-8)17-5-7(11)4-13-17/h4-5H,3,12H2,1-2H3,(H,14,15,16). The average Bonchev–Trinajstić information content (AvgIpc) is 2.76. The number of aromatic nitrogens is 4. The van der Waals surface area contributed by atoms with E-state index in [1.165, 1.54) is 0 Å². The molecule has 0 aliphatic carbocycles. The van der Waals surface area contributed by atoms with Crippen molar-refractivity contribution < 1.29 is 0 Å². The Bertz CT molecular complexity index is 536. The minimum absolute atomic E-state index is 0.559. The predicted molar refractivity (Wildman–Crippen MR) is 66.1 cm³/mol. The summed E-state index contributed by atoms with van der Waals surface area (Å²) in [7, 11) is 0. The largest absolute Gasteiger partial charge is 0.308 e. The van der Waals surface area contributed by atoms with E-state index in [4.69, 9.17) is 17.4 Å². The Hall–Kier alpha value is -1.66. The molecule has 0 saturated carbocycles. The molecule has 7 heteroatoms. The van der Waals surface area contributed by atoms with Gasteiger partial charge in [-0.15, -0.1) is 0 Å². The van der Waals surface area contributed by atoms with Crippen LogP contribution in [0.25, 0.3) is 5.82 Å². The number of hydrazine groups is 1. The lowest BCUT2D eigenvalue weighted by atomic mass is 10.3. The summed E-state index contributed by atoms with van der Waals surface area (Å²) in [5.74, 6) is 7.40. The molecule has 0 unspecified atom stereocenters. The van der Waals surface area contributed by atoms with Crippen molar-refractivity contribution in [2.75, 3.05) is 5.43 Å². The maximum Gasteiger partial charge on any atom is 0.162 e. The number of nitrogens with one attached hydrogen (secondary N) is 1. The minimum atomic E-state index is 0.559. The fourth-order valence-electron chi connectivity index (χ4n) is 1.49. The summed E-state index contributed by atoms with van der Waals surface area (Å²) in [6.45, 7) is 3.85. The molecular formula is C10H13ClN6. The molecule has 0 aromatic carbocycles. The number of halogens is 1. The zero-order valence-electron chi connectivity index (χ0n) is 9.61. The number of nitrogen functional groups attached to an aromatic ring is 1. The number of hydrogen-bond acceptors (Lipinski definition) is 5. The summed E-state index contributed by atoms with van der Waals surface area (Å²) in [5, 5.41) is 4.68. The third kappa shape index (κ3) is 2.22. The molecule has 0 aliphatic heterocycles. The molecule has 0 aliphatic rings. The topological polar surface area (TPSA) is 81.6 Å². The molecule has 17 heavy (non-hydrogen) atoms. The third-order valence-corrected chi connectivity index (χ3v) is 2.58. The van der Waals surface area contributed by atoms with Gasteiger partial charge in [0.1, 0.15) is 11.6 Å². The van der Waals surface area contributed by atoms with Crippen LogP contribution in [0.2, 0.25) is 5.02 Å². The zero-order valence-corrected chi connectivity index (χ0v) is 10.4. The van der Waals surface area contributed by atoms with E-state index in [9.17, 15) is 0 Å². The monoisotopic (exact) mass is 252 g/mol. The molecule has 0 atom stereocenters. The van der Waals surface area contributed by atoms with Crippen LogP contribution in [-0.2, 0) is 6.42 Å². The lowest BCUT2D eigenvalue weighted by molar-refractivity contribution is 0.803. The highest BCUT2D eigenvalue weighted by Crippen LogP contribution is 2.19. The van der Waals surface area contributed by atoms with E-state index in [0.29, 0.717) is 22.5 Å². The van der Waals surface area contributed by atoms with Crippen LogP contribution in [-0.4, -0.2) is 19.7 Å². The molecule has 6 nitrogen and oxygen atoms in total. The quantitative estimate of drug-likeness (QED) is 0.639. The molecule has 0 amide bonds. The molecule has 0 bridgehead atoms. The summed E-state index contributed by atoms with van der Waals surface area (Å²) in [5.41, 5.74) is 3.39. The van der Waals surface area contributed by atoms with Crippen LogP contribution in [0.5, 0.6) is 0 Å². The Balaban J connectivity index is 2.59. The molecule has 2 rings (SSSR count). The van der Waals surface area contributed by atoms with Crippen LogP contribution >= 0.6 is 11.6 Å². The first-order valence-electron chi connectivity index (χ1n) is 5.20. The fraction of sp³-hybridized carbons (Fsp3) is 0.300. The number of nitrogens with two attached hydrogens (primary N) is 1. The number of rotatable bonds is 3. The fourth-order valence-corrected chi connectivity index (χ4v) is 1.62. The first-order valence-corrected chi connectivity index (χ1v) is 5.58. The lowest BCUT2D eigenvalue weighted by Crippen LogP contribution is -2.15. The van der Waals surface area contributed by atoms with Crippen LogP contribution in [0, 0.1) is 6.92 Å². The van der Waals surface area contributed by atoms with Crippen molar-refractivity contribution in [3.63, 3.8) is 0 Å². The molecule has 90 valence electrons. The molecule has 0 radical (unpaired) electrons. The molecule has 0 spiro atoms. The number of hydrogen-bond donors (Lipinski definition) is 2. The van der Waals surface area contributed by atoms with Gasteiger partial charge in [0.2, 0.25) is 0 Å². The molecule has 2 aromatic rings. The summed E-state index contributed by atoms with van der Waals surface area (Å²) < 4.78 is 1.61. The lowest BCUT2D eigenvalue weighted by Gasteiger charge is -2.10. The molecule has 3 N–H and O–H groups in total. The van der Waals surface area contributed by atoms with Gasteiger partial charge < -0.3 is 5.43 Å². The zero-order chi connectivity index (χ0) is 12.4. The van der Waals surface area contributed by atoms with Gasteiger partial charge in [-0.05, 0) is 6.92 Å². The van der Waals surface area contributed by atoms with Gasteiger partial charge in [0.05, 0.1) is 17.4 Å². The maximum atomic E-state index is 5.84. The second kappa shape index (κ2) is 4.68. The van der Waals surface area contributed by atoms with Gasteiger partial charge in [0.15, 0.2) is 5.82 Å². The van der Waals surface area contributed by atoms with Gasteiger partial charge in [-0.2, -0.15) is 5.10 Å². The van der Waals surface area contributed by atoms with Crippen molar-refractivity contribution in [1.29, 1.82) is 0 Å². The summed E-state index contributed by atoms with van der Waals surface area (Å²) in [4.78, 5) is 8.70. The Morgan fingerprint density at radius 3 is 2.76 bits per heavy atom. The normalized spacial score (nSPS) is 10.6. The third-order valence-electron chi connectivity index (χ3n) is 2.39. The Kier molecular flexibility index (Phi) is 3.26. The number of nitrogens with zero attached hydrogens (tertiary/aromatic N) is 4. The van der Waals surface area contributed by atoms with Gasteiger partial charge in [0.25, 0.3) is 0 Å².